The number of sulfonamides is 1. The molecule has 9 nitrogen and oxygen atoms in total. The Balaban J connectivity index is 2.76. The molecule has 1 amide bonds. The summed E-state index contributed by atoms with van der Waals surface area (Å²) in [5.41, 5.74) is -0.0116. The van der Waals surface area contributed by atoms with Crippen LogP contribution in [-0.2, 0) is 29.1 Å². The van der Waals surface area contributed by atoms with Gasteiger partial charge in [0.1, 0.15) is 6.04 Å². The number of hydrogen-bond donors (Lipinski definition) is 1. The van der Waals surface area contributed by atoms with Crippen LogP contribution in [0.25, 0.3) is 0 Å². The van der Waals surface area contributed by atoms with E-state index in [2.05, 4.69) is 10.1 Å². The first kappa shape index (κ1) is 23.6. The third-order valence-corrected chi connectivity index (χ3v) is 5.52. The number of nitrogens with zero attached hydrogens (tertiary/aromatic N) is 1. The summed E-state index contributed by atoms with van der Waals surface area (Å²) >= 11 is 0. The third-order valence-electron chi connectivity index (χ3n) is 3.71. The molecule has 0 aliphatic rings. The lowest BCUT2D eigenvalue weighted by atomic mass is 10.0. The zero-order valence-electron chi connectivity index (χ0n) is 16.6. The summed E-state index contributed by atoms with van der Waals surface area (Å²) in [6, 6.07) is 4.47. The molecule has 156 valence electrons. The highest BCUT2D eigenvalue weighted by Gasteiger charge is 2.24. The van der Waals surface area contributed by atoms with Crippen LogP contribution in [-0.4, -0.2) is 64.4 Å². The van der Waals surface area contributed by atoms with Crippen molar-refractivity contribution in [2.75, 3.05) is 27.8 Å². The topological polar surface area (TPSA) is 119 Å². The molecule has 0 saturated heterocycles. The normalized spacial score (nSPS) is 12.5. The summed E-state index contributed by atoms with van der Waals surface area (Å²) in [7, 11) is 0.259. The van der Waals surface area contributed by atoms with Gasteiger partial charge in [-0.05, 0) is 30.5 Å². The molecule has 0 radical (unpaired) electrons. The van der Waals surface area contributed by atoms with Gasteiger partial charge in [-0.15, -0.1) is 0 Å². The molecular weight excluding hydrogens is 388 g/mol. The number of methoxy groups -OCH3 is 1. The fourth-order valence-electron chi connectivity index (χ4n) is 2.27. The number of nitrogens with one attached hydrogen (secondary N) is 1. The number of benzene rings is 1. The first-order chi connectivity index (χ1) is 13.0. The molecule has 0 spiro atoms. The van der Waals surface area contributed by atoms with E-state index in [4.69, 9.17) is 4.74 Å². The molecule has 1 aromatic rings. The van der Waals surface area contributed by atoms with E-state index < -0.39 is 40.5 Å². The molecule has 1 aromatic carbocycles. The van der Waals surface area contributed by atoms with Crippen LogP contribution in [0.3, 0.4) is 0 Å². The second-order valence-corrected chi connectivity index (χ2v) is 8.82. The average Bonchev–Trinajstić information content (AvgIpc) is 2.64. The van der Waals surface area contributed by atoms with Gasteiger partial charge >= 0.3 is 11.9 Å². The fraction of sp³-hybridized carbons (Fsp3) is 0.500. The van der Waals surface area contributed by atoms with Gasteiger partial charge in [-0.3, -0.25) is 4.79 Å². The van der Waals surface area contributed by atoms with Crippen molar-refractivity contribution >= 4 is 27.9 Å². The van der Waals surface area contributed by atoms with Crippen molar-refractivity contribution in [3.8, 4) is 0 Å². The lowest BCUT2D eigenvalue weighted by Gasteiger charge is -2.18. The van der Waals surface area contributed by atoms with E-state index in [-0.39, 0.29) is 16.4 Å². The Bertz CT molecular complexity index is 819. The fourth-order valence-corrected chi connectivity index (χ4v) is 3.22. The van der Waals surface area contributed by atoms with Gasteiger partial charge in [0.2, 0.25) is 10.0 Å². The molecule has 10 heteroatoms. The number of amides is 1. The molecule has 1 atom stereocenters. The van der Waals surface area contributed by atoms with Crippen molar-refractivity contribution in [2.24, 2.45) is 5.92 Å². The highest BCUT2D eigenvalue weighted by atomic mass is 32.2. The minimum Gasteiger partial charge on any atom is -0.467 e. The minimum atomic E-state index is -3.71. The molecule has 1 N–H and O–H groups in total. The van der Waals surface area contributed by atoms with Gasteiger partial charge in [0.05, 0.1) is 17.6 Å². The van der Waals surface area contributed by atoms with E-state index in [0.717, 1.165) is 4.31 Å². The third kappa shape index (κ3) is 6.61. The number of carbonyl (C=O) groups is 3. The Labute approximate surface area is 165 Å². The Morgan fingerprint density at radius 3 is 2.36 bits per heavy atom. The lowest BCUT2D eigenvalue weighted by molar-refractivity contribution is -0.145. The second kappa shape index (κ2) is 10.2. The Morgan fingerprint density at radius 2 is 1.82 bits per heavy atom. The molecule has 0 unspecified atom stereocenters. The van der Waals surface area contributed by atoms with Crippen molar-refractivity contribution in [3.05, 3.63) is 29.8 Å². The van der Waals surface area contributed by atoms with Gasteiger partial charge in [0, 0.05) is 14.1 Å². The molecule has 0 fully saturated rings. The lowest BCUT2D eigenvalue weighted by Crippen LogP contribution is -2.44. The first-order valence-corrected chi connectivity index (χ1v) is 10.00. The van der Waals surface area contributed by atoms with Crippen LogP contribution >= 0.6 is 0 Å². The van der Waals surface area contributed by atoms with E-state index in [0.29, 0.717) is 6.42 Å². The molecule has 0 aliphatic carbocycles. The largest absolute Gasteiger partial charge is 0.467 e. The Kier molecular flexibility index (Phi) is 8.58. The van der Waals surface area contributed by atoms with Gasteiger partial charge in [0.25, 0.3) is 5.91 Å². The van der Waals surface area contributed by atoms with Crippen LogP contribution in [0.5, 0.6) is 0 Å². The highest BCUT2D eigenvalue weighted by Crippen LogP contribution is 2.15. The first-order valence-electron chi connectivity index (χ1n) is 8.56. The number of hydrogen-bond acceptors (Lipinski definition) is 7. The predicted octanol–water partition coefficient (Wildman–Crippen LogP) is 0.798. The average molecular weight is 414 g/mol. The van der Waals surface area contributed by atoms with Crippen LogP contribution in [0.15, 0.2) is 29.2 Å². The van der Waals surface area contributed by atoms with Crippen molar-refractivity contribution in [1.29, 1.82) is 0 Å². The number of rotatable bonds is 9. The van der Waals surface area contributed by atoms with Crippen molar-refractivity contribution < 1.29 is 32.3 Å². The molecule has 0 aliphatic heterocycles. The van der Waals surface area contributed by atoms with Crippen molar-refractivity contribution in [3.63, 3.8) is 0 Å². The Hall–Kier alpha value is -2.46. The van der Waals surface area contributed by atoms with Gasteiger partial charge < -0.3 is 14.8 Å². The molecule has 1 rings (SSSR count). The summed E-state index contributed by atoms with van der Waals surface area (Å²) in [4.78, 5) is 35.8. The summed E-state index contributed by atoms with van der Waals surface area (Å²) in [5, 5.41) is 2.46. The maximum Gasteiger partial charge on any atom is 0.338 e. The minimum absolute atomic E-state index is 0.0116. The SMILES string of the molecule is COC(=O)[C@@H](CC(C)C)NC(=O)COC(=O)c1cccc(S(=O)(=O)N(C)C)c1. The van der Waals surface area contributed by atoms with Crippen molar-refractivity contribution in [2.45, 2.75) is 31.2 Å². The summed E-state index contributed by atoms with van der Waals surface area (Å²) < 4.78 is 34.9. The summed E-state index contributed by atoms with van der Waals surface area (Å²) in [6.45, 7) is 3.16. The smallest absolute Gasteiger partial charge is 0.338 e. The summed E-state index contributed by atoms with van der Waals surface area (Å²) in [5.74, 6) is -1.98. The maximum atomic E-state index is 12.1. The van der Waals surface area contributed by atoms with E-state index in [1.165, 1.54) is 45.5 Å². The number of ether oxygens (including phenoxy) is 2. The predicted molar refractivity (Wildman–Crippen MR) is 101 cm³/mol. The molecule has 0 bridgehead atoms. The number of esters is 2. The van der Waals surface area contributed by atoms with Crippen molar-refractivity contribution in [1.82, 2.24) is 9.62 Å². The van der Waals surface area contributed by atoms with E-state index in [9.17, 15) is 22.8 Å². The quantitative estimate of drug-likeness (QED) is 0.594. The monoisotopic (exact) mass is 414 g/mol. The van der Waals surface area contributed by atoms with E-state index in [1.807, 2.05) is 13.8 Å². The summed E-state index contributed by atoms with van der Waals surface area (Å²) in [6.07, 6.45) is 0.372. The van der Waals surface area contributed by atoms with Gasteiger partial charge in [-0.25, -0.2) is 22.3 Å². The van der Waals surface area contributed by atoms with Crippen LogP contribution < -0.4 is 5.32 Å². The van der Waals surface area contributed by atoms with Crippen LogP contribution in [0.2, 0.25) is 0 Å². The standard InChI is InChI=1S/C18H26N2O7S/c1-12(2)9-15(18(23)26-5)19-16(21)11-27-17(22)13-7-6-8-14(10-13)28(24,25)20(3)4/h6-8,10,12,15H,9,11H2,1-5H3,(H,19,21)/t15-/m1/s1. The second-order valence-electron chi connectivity index (χ2n) is 6.66. The molecular formula is C18H26N2O7S. The highest BCUT2D eigenvalue weighted by molar-refractivity contribution is 7.89. The molecule has 0 aromatic heterocycles. The molecule has 28 heavy (non-hydrogen) atoms. The van der Waals surface area contributed by atoms with E-state index in [1.54, 1.807) is 0 Å². The maximum absolute atomic E-state index is 12.1. The van der Waals surface area contributed by atoms with Crippen LogP contribution in [0.1, 0.15) is 30.6 Å². The zero-order chi connectivity index (χ0) is 21.5. The Morgan fingerprint density at radius 1 is 1.18 bits per heavy atom. The van der Waals surface area contributed by atoms with Gasteiger partial charge in [-0.2, -0.15) is 0 Å². The van der Waals surface area contributed by atoms with Gasteiger partial charge in [0.15, 0.2) is 6.61 Å². The molecule has 0 saturated carbocycles. The van der Waals surface area contributed by atoms with Gasteiger partial charge in [-0.1, -0.05) is 19.9 Å². The van der Waals surface area contributed by atoms with Crippen LogP contribution in [0.4, 0.5) is 0 Å². The number of carbonyl (C=O) groups excluding carboxylic acids is 3. The van der Waals surface area contributed by atoms with Crippen LogP contribution in [0, 0.1) is 5.92 Å². The van der Waals surface area contributed by atoms with E-state index >= 15 is 0 Å². The zero-order valence-corrected chi connectivity index (χ0v) is 17.4. The molecule has 0 heterocycles.